The van der Waals surface area contributed by atoms with Crippen LogP contribution in [0.3, 0.4) is 0 Å². The van der Waals surface area contributed by atoms with Gasteiger partial charge in [0.1, 0.15) is 0 Å². The Kier molecular flexibility index (Phi) is 3.68. The number of nitrogens with zero attached hydrogens (tertiary/aromatic N) is 2. The number of aromatic nitrogens is 1. The van der Waals surface area contributed by atoms with Crippen molar-refractivity contribution < 1.29 is 4.79 Å². The van der Waals surface area contributed by atoms with Gasteiger partial charge in [-0.25, -0.2) is 0 Å². The molecule has 2 aromatic rings. The average molecular weight is 301 g/mol. The summed E-state index contributed by atoms with van der Waals surface area (Å²) in [6.07, 6.45) is 5.99. The van der Waals surface area contributed by atoms with Crippen molar-refractivity contribution in [3.8, 4) is 0 Å². The number of nitrogens with two attached hydrogens (primary N) is 1. The lowest BCUT2D eigenvalue weighted by Gasteiger charge is -2.19. The average Bonchev–Trinajstić information content (AvgIpc) is 3.22. The Balaban J connectivity index is 1.93. The first-order valence-electron chi connectivity index (χ1n) is 7.11. The van der Waals surface area contributed by atoms with Gasteiger partial charge in [-0.3, -0.25) is 9.78 Å². The van der Waals surface area contributed by atoms with Crippen molar-refractivity contribution in [2.45, 2.75) is 32.2 Å². The van der Waals surface area contributed by atoms with Crippen LogP contribution in [-0.2, 0) is 6.54 Å². The quantitative estimate of drug-likeness (QED) is 0.859. The third-order valence-electron chi connectivity index (χ3n) is 3.76. The summed E-state index contributed by atoms with van der Waals surface area (Å²) in [7, 11) is 2.05. The summed E-state index contributed by atoms with van der Waals surface area (Å²) in [5.41, 5.74) is 9.25. The molecule has 1 fully saturated rings. The van der Waals surface area contributed by atoms with Crippen molar-refractivity contribution in [3.63, 3.8) is 0 Å². The lowest BCUT2D eigenvalue weighted by atomic mass is 10.1. The van der Waals surface area contributed by atoms with Gasteiger partial charge in [0, 0.05) is 38.5 Å². The van der Waals surface area contributed by atoms with Crippen LogP contribution in [0.15, 0.2) is 24.5 Å². The first-order chi connectivity index (χ1) is 10.1. The topological polar surface area (TPSA) is 59.2 Å². The van der Waals surface area contributed by atoms with Crippen LogP contribution in [0, 0.1) is 0 Å². The lowest BCUT2D eigenvalue weighted by molar-refractivity contribution is 0.102. The van der Waals surface area contributed by atoms with E-state index in [0.29, 0.717) is 16.5 Å². The van der Waals surface area contributed by atoms with Crippen molar-refractivity contribution in [2.75, 3.05) is 17.7 Å². The van der Waals surface area contributed by atoms with Gasteiger partial charge in [0.15, 0.2) is 5.78 Å². The van der Waals surface area contributed by atoms with Crippen LogP contribution >= 0.6 is 11.3 Å². The van der Waals surface area contributed by atoms with E-state index in [1.54, 1.807) is 13.1 Å². The van der Waals surface area contributed by atoms with E-state index in [-0.39, 0.29) is 5.78 Å². The predicted octanol–water partition coefficient (Wildman–Crippen LogP) is 3.44. The first-order valence-corrected chi connectivity index (χ1v) is 7.92. The van der Waals surface area contributed by atoms with E-state index in [2.05, 4.69) is 16.0 Å². The third-order valence-corrected chi connectivity index (χ3v) is 5.19. The van der Waals surface area contributed by atoms with Crippen LogP contribution in [0.2, 0.25) is 0 Å². The number of carbonyl (C=O) groups excluding carboxylic acids is 1. The second kappa shape index (κ2) is 5.48. The molecule has 1 aliphatic carbocycles. The highest BCUT2D eigenvalue weighted by Gasteiger charge is 2.33. The largest absolute Gasteiger partial charge is 0.397 e. The van der Waals surface area contributed by atoms with Gasteiger partial charge >= 0.3 is 0 Å². The van der Waals surface area contributed by atoms with Crippen molar-refractivity contribution in [1.82, 2.24) is 4.98 Å². The fourth-order valence-electron chi connectivity index (χ4n) is 2.59. The van der Waals surface area contributed by atoms with Gasteiger partial charge in [0.05, 0.1) is 15.6 Å². The molecule has 0 unspecified atom stereocenters. The molecule has 110 valence electrons. The number of nitrogen functional groups attached to an aromatic ring is 1. The second-order valence-electron chi connectivity index (χ2n) is 5.61. The molecule has 2 heterocycles. The van der Waals surface area contributed by atoms with Crippen LogP contribution in [0.5, 0.6) is 0 Å². The monoisotopic (exact) mass is 301 g/mol. The van der Waals surface area contributed by atoms with E-state index in [4.69, 9.17) is 5.73 Å². The van der Waals surface area contributed by atoms with E-state index in [1.165, 1.54) is 29.7 Å². The Bertz CT molecular complexity index is 662. The maximum Gasteiger partial charge on any atom is 0.171 e. The van der Waals surface area contributed by atoms with Crippen LogP contribution < -0.4 is 10.6 Å². The maximum atomic E-state index is 11.8. The lowest BCUT2D eigenvalue weighted by Crippen LogP contribution is -2.16. The van der Waals surface area contributed by atoms with Gasteiger partial charge in [-0.1, -0.05) is 6.07 Å². The minimum Gasteiger partial charge on any atom is -0.397 e. The zero-order chi connectivity index (χ0) is 15.0. The van der Waals surface area contributed by atoms with E-state index in [9.17, 15) is 4.79 Å². The normalized spacial score (nSPS) is 14.2. The highest BCUT2D eigenvalue weighted by molar-refractivity contribution is 7.18. The number of pyridine rings is 1. The smallest absolute Gasteiger partial charge is 0.171 e. The fourth-order valence-corrected chi connectivity index (χ4v) is 3.76. The van der Waals surface area contributed by atoms with Crippen LogP contribution in [0.4, 0.5) is 10.7 Å². The highest BCUT2D eigenvalue weighted by atomic mass is 32.1. The van der Waals surface area contributed by atoms with E-state index in [1.807, 2.05) is 19.3 Å². The molecule has 3 rings (SSSR count). The number of hydrogen-bond acceptors (Lipinski definition) is 5. The number of hydrogen-bond donors (Lipinski definition) is 1. The van der Waals surface area contributed by atoms with Crippen LogP contribution in [0.25, 0.3) is 0 Å². The van der Waals surface area contributed by atoms with Crippen molar-refractivity contribution >= 4 is 27.8 Å². The van der Waals surface area contributed by atoms with Gasteiger partial charge in [-0.2, -0.15) is 0 Å². The molecule has 1 aliphatic rings. The zero-order valence-corrected chi connectivity index (χ0v) is 13.1. The maximum absolute atomic E-state index is 11.8. The molecule has 0 amide bonds. The molecular formula is C16H19N3OS. The molecule has 2 N–H and O–H groups in total. The summed E-state index contributed by atoms with van der Waals surface area (Å²) in [6.45, 7) is 2.36. The summed E-state index contributed by atoms with van der Waals surface area (Å²) in [5, 5.41) is 1.13. The molecule has 0 radical (unpaired) electrons. The summed E-state index contributed by atoms with van der Waals surface area (Å²) in [6, 6.07) is 4.00. The Morgan fingerprint density at radius 2 is 2.29 bits per heavy atom. The Labute approximate surface area is 128 Å². The van der Waals surface area contributed by atoms with Gasteiger partial charge in [0.2, 0.25) is 0 Å². The molecular weight excluding hydrogens is 282 g/mol. The van der Waals surface area contributed by atoms with Gasteiger partial charge < -0.3 is 10.6 Å². The summed E-state index contributed by atoms with van der Waals surface area (Å²) in [5.74, 6) is 0.584. The number of anilines is 2. The second-order valence-corrected chi connectivity index (χ2v) is 6.61. The number of Topliss-reactive ketones (excluding diaryl/α,β-unsaturated/α-hetero) is 1. The van der Waals surface area contributed by atoms with E-state index in [0.717, 1.165) is 17.1 Å². The number of thiophene rings is 1. The predicted molar refractivity (Wildman–Crippen MR) is 87.1 cm³/mol. The van der Waals surface area contributed by atoms with E-state index >= 15 is 0 Å². The van der Waals surface area contributed by atoms with Crippen molar-refractivity contribution in [1.29, 1.82) is 0 Å². The molecule has 2 aromatic heterocycles. The molecule has 4 nitrogen and oxygen atoms in total. The molecule has 0 aromatic carbocycles. The van der Waals surface area contributed by atoms with E-state index < -0.39 is 0 Å². The summed E-state index contributed by atoms with van der Waals surface area (Å²) in [4.78, 5) is 18.8. The van der Waals surface area contributed by atoms with Crippen LogP contribution in [0.1, 0.15) is 46.5 Å². The molecule has 5 heteroatoms. The Morgan fingerprint density at radius 3 is 2.86 bits per heavy atom. The molecule has 0 aliphatic heterocycles. The Morgan fingerprint density at radius 1 is 1.52 bits per heavy atom. The first kappa shape index (κ1) is 14.1. The van der Waals surface area contributed by atoms with Crippen LogP contribution in [-0.4, -0.2) is 17.8 Å². The summed E-state index contributed by atoms with van der Waals surface area (Å²) >= 11 is 1.52. The van der Waals surface area contributed by atoms with Gasteiger partial charge in [-0.05, 0) is 30.4 Å². The minimum absolute atomic E-state index is 0.0560. The number of carbonyl (C=O) groups is 1. The number of rotatable bonds is 5. The third kappa shape index (κ3) is 2.78. The minimum atomic E-state index is 0.0560. The van der Waals surface area contributed by atoms with Crippen molar-refractivity contribution in [3.05, 3.63) is 40.5 Å². The van der Waals surface area contributed by atoms with Gasteiger partial charge in [-0.15, -0.1) is 11.3 Å². The zero-order valence-electron chi connectivity index (χ0n) is 12.3. The molecule has 0 bridgehead atoms. The fraction of sp³-hybridized carbons (Fsp3) is 0.375. The number of ketones is 1. The molecule has 0 saturated heterocycles. The Hall–Kier alpha value is -1.88. The highest BCUT2D eigenvalue weighted by Crippen LogP contribution is 2.52. The molecule has 21 heavy (non-hydrogen) atoms. The van der Waals surface area contributed by atoms with Crippen molar-refractivity contribution in [2.24, 2.45) is 0 Å². The molecule has 0 spiro atoms. The molecule has 1 saturated carbocycles. The summed E-state index contributed by atoms with van der Waals surface area (Å²) < 4.78 is 0. The SMILES string of the molecule is CC(=O)c1sc(N(C)Cc2cccnc2)c(C2CC2)c1N. The van der Waals surface area contributed by atoms with Gasteiger partial charge in [0.25, 0.3) is 0 Å². The molecule has 0 atom stereocenters. The standard InChI is InChI=1S/C16H19N3OS/c1-10(20)15-14(17)13(12-5-6-12)16(21-15)19(2)9-11-4-3-7-18-8-11/h3-4,7-8,12H,5-6,9,17H2,1-2H3.